The second-order valence-corrected chi connectivity index (χ2v) is 6.19. The van der Waals surface area contributed by atoms with Crippen LogP contribution in [0, 0.1) is 11.6 Å². The molecule has 0 aromatic heterocycles. The highest BCUT2D eigenvalue weighted by atomic mass is 19.1. The van der Waals surface area contributed by atoms with Gasteiger partial charge >= 0.3 is 0 Å². The van der Waals surface area contributed by atoms with Gasteiger partial charge in [0.05, 0.1) is 6.04 Å². The van der Waals surface area contributed by atoms with E-state index in [0.717, 1.165) is 12.8 Å². The number of halogens is 2. The van der Waals surface area contributed by atoms with Gasteiger partial charge in [-0.25, -0.2) is 8.78 Å². The Labute approximate surface area is 137 Å². The molecule has 1 saturated carbocycles. The van der Waals surface area contributed by atoms with Crippen LogP contribution in [0.1, 0.15) is 37.3 Å². The molecule has 0 radical (unpaired) electrons. The van der Waals surface area contributed by atoms with Gasteiger partial charge in [0.25, 0.3) is 0 Å². The van der Waals surface area contributed by atoms with E-state index in [1.807, 2.05) is 14.1 Å². The Bertz CT molecular complexity index is 519. The SMILES string of the molecule is CN=C(NCC(c1c(F)cccc1F)N(C)C)NC1CCCC1. The fourth-order valence-corrected chi connectivity index (χ4v) is 3.02. The first-order valence-electron chi connectivity index (χ1n) is 8.10. The predicted octanol–water partition coefficient (Wildman–Crippen LogP) is 2.68. The van der Waals surface area contributed by atoms with Crippen LogP contribution < -0.4 is 10.6 Å². The first-order chi connectivity index (χ1) is 11.0. The van der Waals surface area contributed by atoms with Crippen molar-refractivity contribution in [2.45, 2.75) is 37.8 Å². The standard InChI is InChI=1S/C17H26F2N4/c1-20-17(22-12-7-4-5-8-12)21-11-15(23(2)3)16-13(18)9-6-10-14(16)19/h6,9-10,12,15H,4-5,7-8,11H2,1-3H3,(H2,20,21,22). The fraction of sp³-hybridized carbons (Fsp3) is 0.588. The van der Waals surface area contributed by atoms with Gasteiger partial charge in [0.15, 0.2) is 5.96 Å². The van der Waals surface area contributed by atoms with Crippen molar-refractivity contribution < 1.29 is 8.78 Å². The number of aliphatic imine (C=N–C) groups is 1. The number of guanidine groups is 1. The van der Waals surface area contributed by atoms with Crippen LogP contribution in [0.2, 0.25) is 0 Å². The smallest absolute Gasteiger partial charge is 0.191 e. The molecule has 0 saturated heterocycles. The summed E-state index contributed by atoms with van der Waals surface area (Å²) in [5, 5.41) is 6.57. The van der Waals surface area contributed by atoms with E-state index in [1.54, 1.807) is 11.9 Å². The lowest BCUT2D eigenvalue weighted by atomic mass is 10.0. The third-order valence-electron chi connectivity index (χ3n) is 4.34. The van der Waals surface area contributed by atoms with E-state index in [0.29, 0.717) is 18.5 Å². The molecule has 1 aliphatic rings. The number of hydrogen-bond donors (Lipinski definition) is 2. The summed E-state index contributed by atoms with van der Waals surface area (Å²) < 4.78 is 28.1. The number of benzene rings is 1. The van der Waals surface area contributed by atoms with Crippen molar-refractivity contribution in [2.24, 2.45) is 4.99 Å². The lowest BCUT2D eigenvalue weighted by Gasteiger charge is -2.27. The summed E-state index contributed by atoms with van der Waals surface area (Å²) in [7, 11) is 5.33. The summed E-state index contributed by atoms with van der Waals surface area (Å²) in [6.07, 6.45) is 4.74. The highest BCUT2D eigenvalue weighted by Gasteiger charge is 2.23. The van der Waals surface area contributed by atoms with Gasteiger partial charge in [0, 0.05) is 25.2 Å². The quantitative estimate of drug-likeness (QED) is 0.646. The van der Waals surface area contributed by atoms with E-state index < -0.39 is 17.7 Å². The summed E-state index contributed by atoms with van der Waals surface area (Å²) in [6.45, 7) is 0.372. The van der Waals surface area contributed by atoms with Gasteiger partial charge in [-0.1, -0.05) is 18.9 Å². The van der Waals surface area contributed by atoms with E-state index in [-0.39, 0.29) is 5.56 Å². The molecule has 1 aromatic carbocycles. The van der Waals surface area contributed by atoms with Gasteiger partial charge in [-0.05, 0) is 39.1 Å². The maximum Gasteiger partial charge on any atom is 0.191 e. The number of nitrogens with one attached hydrogen (secondary N) is 2. The molecule has 1 aromatic rings. The van der Waals surface area contributed by atoms with E-state index in [1.165, 1.54) is 31.0 Å². The zero-order valence-electron chi connectivity index (χ0n) is 14.1. The van der Waals surface area contributed by atoms with Gasteiger partial charge in [-0.2, -0.15) is 0 Å². The average Bonchev–Trinajstić information content (AvgIpc) is 3.01. The molecule has 1 fully saturated rings. The van der Waals surface area contributed by atoms with Crippen LogP contribution in [0.3, 0.4) is 0 Å². The van der Waals surface area contributed by atoms with Crippen molar-refractivity contribution in [3.63, 3.8) is 0 Å². The largest absolute Gasteiger partial charge is 0.354 e. The average molecular weight is 324 g/mol. The highest BCUT2D eigenvalue weighted by Crippen LogP contribution is 2.24. The molecule has 4 nitrogen and oxygen atoms in total. The Balaban J connectivity index is 2.04. The third kappa shape index (κ3) is 4.64. The van der Waals surface area contributed by atoms with Gasteiger partial charge < -0.3 is 15.5 Å². The van der Waals surface area contributed by atoms with Gasteiger partial charge in [-0.3, -0.25) is 4.99 Å². The Hall–Kier alpha value is -1.69. The van der Waals surface area contributed by atoms with Crippen LogP contribution in [0.4, 0.5) is 8.78 Å². The molecule has 0 amide bonds. The minimum atomic E-state index is -0.524. The number of rotatable bonds is 5. The predicted molar refractivity (Wildman–Crippen MR) is 89.5 cm³/mol. The molecule has 2 rings (SSSR count). The molecule has 0 heterocycles. The Kier molecular flexibility index (Phi) is 6.33. The van der Waals surface area contributed by atoms with Crippen molar-refractivity contribution in [3.05, 3.63) is 35.4 Å². The molecule has 128 valence electrons. The molecule has 0 bridgehead atoms. The van der Waals surface area contributed by atoms with Crippen LogP contribution >= 0.6 is 0 Å². The van der Waals surface area contributed by atoms with Crippen LogP contribution in [0.25, 0.3) is 0 Å². The first-order valence-corrected chi connectivity index (χ1v) is 8.10. The lowest BCUT2D eigenvalue weighted by molar-refractivity contribution is 0.282. The van der Waals surface area contributed by atoms with E-state index in [4.69, 9.17) is 0 Å². The maximum atomic E-state index is 14.1. The van der Waals surface area contributed by atoms with Crippen molar-refractivity contribution in [3.8, 4) is 0 Å². The second kappa shape index (κ2) is 8.24. The van der Waals surface area contributed by atoms with Crippen molar-refractivity contribution in [1.82, 2.24) is 15.5 Å². The number of nitrogens with zero attached hydrogens (tertiary/aromatic N) is 2. The minimum absolute atomic E-state index is 0.0846. The summed E-state index contributed by atoms with van der Waals surface area (Å²) in [6, 6.07) is 3.98. The summed E-state index contributed by atoms with van der Waals surface area (Å²) in [5.41, 5.74) is 0.0846. The van der Waals surface area contributed by atoms with Crippen LogP contribution in [0.15, 0.2) is 23.2 Å². The van der Waals surface area contributed by atoms with Crippen LogP contribution in [0.5, 0.6) is 0 Å². The van der Waals surface area contributed by atoms with Crippen molar-refractivity contribution in [1.29, 1.82) is 0 Å². The lowest BCUT2D eigenvalue weighted by Crippen LogP contribution is -2.45. The molecule has 1 atom stereocenters. The molecule has 0 aliphatic heterocycles. The summed E-state index contributed by atoms with van der Waals surface area (Å²) in [5.74, 6) is -0.367. The minimum Gasteiger partial charge on any atom is -0.354 e. The summed E-state index contributed by atoms with van der Waals surface area (Å²) in [4.78, 5) is 6.01. The molecule has 6 heteroatoms. The first kappa shape index (κ1) is 17.7. The van der Waals surface area contributed by atoms with Crippen molar-refractivity contribution >= 4 is 5.96 Å². The molecule has 0 spiro atoms. The van der Waals surface area contributed by atoms with Crippen LogP contribution in [-0.2, 0) is 0 Å². The van der Waals surface area contributed by atoms with E-state index in [9.17, 15) is 8.78 Å². The van der Waals surface area contributed by atoms with Gasteiger partial charge in [-0.15, -0.1) is 0 Å². The molecule has 23 heavy (non-hydrogen) atoms. The number of likely N-dealkylation sites (N-methyl/N-ethyl adjacent to an activating group) is 1. The van der Waals surface area contributed by atoms with E-state index >= 15 is 0 Å². The second-order valence-electron chi connectivity index (χ2n) is 6.19. The molecule has 2 N–H and O–H groups in total. The Morgan fingerprint density at radius 1 is 1.26 bits per heavy atom. The molecule has 1 aliphatic carbocycles. The van der Waals surface area contributed by atoms with Crippen molar-refractivity contribution in [2.75, 3.05) is 27.7 Å². The highest BCUT2D eigenvalue weighted by molar-refractivity contribution is 5.80. The Morgan fingerprint density at radius 2 is 1.87 bits per heavy atom. The number of hydrogen-bond acceptors (Lipinski definition) is 2. The molecular formula is C17H26F2N4. The topological polar surface area (TPSA) is 39.7 Å². The maximum absolute atomic E-state index is 14.1. The third-order valence-corrected chi connectivity index (χ3v) is 4.34. The van der Waals surface area contributed by atoms with Gasteiger partial charge in [0.1, 0.15) is 11.6 Å². The van der Waals surface area contributed by atoms with Gasteiger partial charge in [0.2, 0.25) is 0 Å². The van der Waals surface area contributed by atoms with Crippen LogP contribution in [-0.4, -0.2) is 44.6 Å². The monoisotopic (exact) mass is 324 g/mol. The zero-order chi connectivity index (χ0) is 16.8. The summed E-state index contributed by atoms with van der Waals surface area (Å²) >= 11 is 0. The molecular weight excluding hydrogens is 298 g/mol. The normalized spacial score (nSPS) is 17.6. The Morgan fingerprint density at radius 3 is 2.39 bits per heavy atom. The fourth-order valence-electron chi connectivity index (χ4n) is 3.02. The van der Waals surface area contributed by atoms with E-state index in [2.05, 4.69) is 15.6 Å². The zero-order valence-corrected chi connectivity index (χ0v) is 14.1. The molecule has 1 unspecified atom stereocenters.